The number of hydrogen-bond acceptors (Lipinski definition) is 8. The predicted molar refractivity (Wildman–Crippen MR) is 143 cm³/mol. The Balaban J connectivity index is 1.29. The molecule has 4 aromatic rings. The summed E-state index contributed by atoms with van der Waals surface area (Å²) in [6.07, 6.45) is -0.581. The van der Waals surface area contributed by atoms with Gasteiger partial charge in [-0.3, -0.25) is 9.59 Å². The second kappa shape index (κ2) is 10.9. The molecule has 0 spiro atoms. The molecule has 12 heteroatoms. The van der Waals surface area contributed by atoms with Crippen molar-refractivity contribution in [2.24, 2.45) is 0 Å². The normalized spacial score (nSPS) is 16.8. The van der Waals surface area contributed by atoms with Crippen LogP contribution in [-0.4, -0.2) is 60.9 Å². The first kappa shape index (κ1) is 26.5. The van der Waals surface area contributed by atoms with Crippen molar-refractivity contribution in [1.29, 1.82) is 0 Å². The van der Waals surface area contributed by atoms with Crippen LogP contribution in [0.2, 0.25) is 0 Å². The molecule has 0 radical (unpaired) electrons. The number of carbonyl (C=O) groups is 2. The Morgan fingerprint density at radius 3 is 2.59 bits per heavy atom. The summed E-state index contributed by atoms with van der Waals surface area (Å²) in [6.45, 7) is 1.72. The van der Waals surface area contributed by atoms with E-state index in [9.17, 15) is 24.2 Å². The SMILES string of the molecule is CNc1nc([C@H]2c3ccc(F)cc3CN2C(=O)[C@H](O)[C@@H](O)C(=O)N[C@H](C)c2ccc(-n3cccn3)cc2)cs1. The van der Waals surface area contributed by atoms with Gasteiger partial charge in [-0.25, -0.2) is 14.1 Å². The fourth-order valence-electron chi connectivity index (χ4n) is 4.64. The lowest BCUT2D eigenvalue weighted by atomic mass is 10.0. The van der Waals surface area contributed by atoms with Crippen LogP contribution in [0.3, 0.4) is 0 Å². The number of thiazole rings is 1. The van der Waals surface area contributed by atoms with Crippen LogP contribution in [0.15, 0.2) is 66.3 Å². The Labute approximate surface area is 227 Å². The molecule has 1 aliphatic rings. The minimum Gasteiger partial charge on any atom is -0.380 e. The zero-order valence-corrected chi connectivity index (χ0v) is 22.0. The summed E-state index contributed by atoms with van der Waals surface area (Å²) in [5, 5.41) is 33.6. The minimum absolute atomic E-state index is 0.00654. The van der Waals surface area contributed by atoms with E-state index in [-0.39, 0.29) is 6.54 Å². The second-order valence-electron chi connectivity index (χ2n) is 9.20. The summed E-state index contributed by atoms with van der Waals surface area (Å²) >= 11 is 1.34. The summed E-state index contributed by atoms with van der Waals surface area (Å²) < 4.78 is 15.6. The number of aliphatic hydroxyl groups excluding tert-OH is 2. The molecule has 0 saturated carbocycles. The number of carbonyl (C=O) groups excluding carboxylic acids is 2. The molecule has 202 valence electrons. The molecule has 1 aliphatic heterocycles. The largest absolute Gasteiger partial charge is 0.380 e. The summed E-state index contributed by atoms with van der Waals surface area (Å²) in [6, 6.07) is 12.1. The van der Waals surface area contributed by atoms with Crippen LogP contribution in [0, 0.1) is 5.82 Å². The standard InChI is InChI=1S/C27H27FN6O4S/c1-15(16-4-7-19(8-5-16)34-11-3-10-30-34)31-25(37)23(35)24(36)26(38)33-13-17-12-18(28)6-9-20(17)22(33)21-14-39-27(29-2)32-21/h3-12,14-15,22-24,35-36H,13H2,1-2H3,(H,29,32)(H,31,37)/t15-,22-,23-,24-/m1/s1. The fraction of sp³-hybridized carbons (Fsp3) is 0.259. The van der Waals surface area contributed by atoms with Crippen molar-refractivity contribution < 1.29 is 24.2 Å². The van der Waals surface area contributed by atoms with Gasteiger partial charge in [0.25, 0.3) is 11.8 Å². The van der Waals surface area contributed by atoms with Crippen molar-refractivity contribution in [2.45, 2.75) is 37.8 Å². The van der Waals surface area contributed by atoms with Gasteiger partial charge in [0.15, 0.2) is 17.3 Å². The average Bonchev–Trinajstić information content (AvgIpc) is 3.71. The maximum atomic E-state index is 14.0. The first-order valence-corrected chi connectivity index (χ1v) is 13.1. The van der Waals surface area contributed by atoms with E-state index in [0.717, 1.165) is 11.3 Å². The van der Waals surface area contributed by atoms with Crippen molar-refractivity contribution in [1.82, 2.24) is 25.0 Å². The number of amides is 2. The van der Waals surface area contributed by atoms with Crippen LogP contribution in [0.25, 0.3) is 5.69 Å². The van der Waals surface area contributed by atoms with E-state index in [4.69, 9.17) is 0 Å². The number of hydrogen-bond donors (Lipinski definition) is 4. The zero-order chi connectivity index (χ0) is 27.7. The van der Waals surface area contributed by atoms with Crippen LogP contribution >= 0.6 is 11.3 Å². The lowest BCUT2D eigenvalue weighted by Crippen LogP contribution is -2.50. The molecule has 2 amide bonds. The van der Waals surface area contributed by atoms with E-state index in [1.54, 1.807) is 36.3 Å². The minimum atomic E-state index is -2.04. The molecule has 0 saturated heterocycles. The molecule has 2 aromatic heterocycles. The molecule has 4 atom stereocenters. The topological polar surface area (TPSA) is 133 Å². The molecule has 3 heterocycles. The van der Waals surface area contributed by atoms with E-state index < -0.39 is 41.9 Å². The first-order valence-electron chi connectivity index (χ1n) is 12.2. The van der Waals surface area contributed by atoms with E-state index >= 15 is 0 Å². The van der Waals surface area contributed by atoms with Gasteiger partial charge in [-0.15, -0.1) is 11.3 Å². The first-order chi connectivity index (χ1) is 18.8. The van der Waals surface area contributed by atoms with Gasteiger partial charge in [0.1, 0.15) is 11.9 Å². The third-order valence-electron chi connectivity index (χ3n) is 6.69. The number of benzene rings is 2. The van der Waals surface area contributed by atoms with Gasteiger partial charge in [0.2, 0.25) is 0 Å². The average molecular weight is 551 g/mol. The number of fused-ring (bicyclic) bond motifs is 1. The van der Waals surface area contributed by atoms with Gasteiger partial charge in [-0.05, 0) is 53.9 Å². The Morgan fingerprint density at radius 2 is 1.92 bits per heavy atom. The van der Waals surface area contributed by atoms with Crippen LogP contribution in [0.1, 0.15) is 41.4 Å². The number of nitrogens with one attached hydrogen (secondary N) is 2. The number of rotatable bonds is 8. The summed E-state index contributed by atoms with van der Waals surface area (Å²) in [5.74, 6) is -2.22. The lowest BCUT2D eigenvalue weighted by molar-refractivity contribution is -0.154. The molecule has 10 nitrogen and oxygen atoms in total. The molecule has 0 bridgehead atoms. The Hall–Kier alpha value is -4.13. The molecule has 5 rings (SSSR count). The molecule has 0 unspecified atom stereocenters. The van der Waals surface area contributed by atoms with Gasteiger partial charge in [0, 0.05) is 31.4 Å². The molecule has 2 aromatic carbocycles. The Morgan fingerprint density at radius 1 is 1.15 bits per heavy atom. The second-order valence-corrected chi connectivity index (χ2v) is 10.1. The molecule has 4 N–H and O–H groups in total. The molecular formula is C27H27FN6O4S. The van der Waals surface area contributed by atoms with Crippen molar-refractivity contribution in [2.75, 3.05) is 12.4 Å². The Bertz CT molecular complexity index is 1480. The highest BCUT2D eigenvalue weighted by Crippen LogP contribution is 2.40. The van der Waals surface area contributed by atoms with E-state index in [0.29, 0.717) is 22.0 Å². The number of anilines is 1. The van der Waals surface area contributed by atoms with Crippen LogP contribution < -0.4 is 10.6 Å². The maximum Gasteiger partial charge on any atom is 0.255 e. The predicted octanol–water partition coefficient (Wildman–Crippen LogP) is 2.54. The number of halogens is 1. The van der Waals surface area contributed by atoms with Crippen molar-refractivity contribution in [3.8, 4) is 5.69 Å². The quantitative estimate of drug-likeness (QED) is 0.265. The van der Waals surface area contributed by atoms with Gasteiger partial charge >= 0.3 is 0 Å². The van der Waals surface area contributed by atoms with E-state index in [1.807, 2.05) is 36.5 Å². The molecular weight excluding hydrogens is 523 g/mol. The highest BCUT2D eigenvalue weighted by molar-refractivity contribution is 7.13. The summed E-state index contributed by atoms with van der Waals surface area (Å²) in [5.41, 5.74) is 3.35. The van der Waals surface area contributed by atoms with Crippen LogP contribution in [0.4, 0.5) is 9.52 Å². The number of aromatic nitrogens is 3. The smallest absolute Gasteiger partial charge is 0.255 e. The van der Waals surface area contributed by atoms with Crippen molar-refractivity contribution in [3.05, 3.63) is 94.5 Å². The highest BCUT2D eigenvalue weighted by atomic mass is 32.1. The lowest BCUT2D eigenvalue weighted by Gasteiger charge is -2.28. The molecule has 39 heavy (non-hydrogen) atoms. The fourth-order valence-corrected chi connectivity index (χ4v) is 5.33. The Kier molecular flexibility index (Phi) is 7.42. The van der Waals surface area contributed by atoms with Gasteiger partial charge in [-0.1, -0.05) is 18.2 Å². The molecule has 0 aliphatic carbocycles. The highest BCUT2D eigenvalue weighted by Gasteiger charge is 2.42. The maximum absolute atomic E-state index is 14.0. The van der Waals surface area contributed by atoms with Crippen LogP contribution in [-0.2, 0) is 16.1 Å². The summed E-state index contributed by atoms with van der Waals surface area (Å²) in [4.78, 5) is 32.0. The van der Waals surface area contributed by atoms with Gasteiger partial charge in [0.05, 0.1) is 17.4 Å². The van der Waals surface area contributed by atoms with Gasteiger partial charge in [-0.2, -0.15) is 5.10 Å². The van der Waals surface area contributed by atoms with E-state index in [2.05, 4.69) is 20.7 Å². The zero-order valence-electron chi connectivity index (χ0n) is 21.2. The third kappa shape index (κ3) is 5.26. The van der Waals surface area contributed by atoms with Gasteiger partial charge < -0.3 is 25.7 Å². The number of nitrogens with zero attached hydrogens (tertiary/aromatic N) is 4. The van der Waals surface area contributed by atoms with Crippen molar-refractivity contribution in [3.63, 3.8) is 0 Å². The summed E-state index contributed by atoms with van der Waals surface area (Å²) in [7, 11) is 1.72. The van der Waals surface area contributed by atoms with E-state index in [1.165, 1.54) is 28.4 Å². The number of aliphatic hydroxyl groups is 2. The monoisotopic (exact) mass is 550 g/mol. The van der Waals surface area contributed by atoms with Crippen molar-refractivity contribution >= 4 is 28.3 Å². The van der Waals surface area contributed by atoms with Crippen LogP contribution in [0.5, 0.6) is 0 Å². The molecule has 0 fully saturated rings. The third-order valence-corrected chi connectivity index (χ3v) is 7.57.